The van der Waals surface area contributed by atoms with E-state index >= 15 is 0 Å². The molecule has 1 rings (SSSR count). The molecule has 17 heavy (non-hydrogen) atoms. The normalized spacial score (nSPS) is 24.3. The van der Waals surface area contributed by atoms with E-state index in [1.54, 1.807) is 0 Å². The molecule has 1 fully saturated rings. The molecule has 0 aromatic carbocycles. The molecular formula is C11H24IN3OS. The summed E-state index contributed by atoms with van der Waals surface area (Å²) in [5, 5.41) is 15.0. The first kappa shape index (κ1) is 17.3. The zero-order chi connectivity index (χ0) is 11.9. The maximum absolute atomic E-state index is 8.76. The summed E-state index contributed by atoms with van der Waals surface area (Å²) < 4.78 is 0.307. The van der Waals surface area contributed by atoms with Gasteiger partial charge in [-0.2, -0.15) is 11.8 Å². The Labute approximate surface area is 125 Å². The average molecular weight is 373 g/mol. The van der Waals surface area contributed by atoms with E-state index in [9.17, 15) is 0 Å². The monoisotopic (exact) mass is 373 g/mol. The van der Waals surface area contributed by atoms with Crippen LogP contribution in [0.2, 0.25) is 0 Å². The van der Waals surface area contributed by atoms with Crippen LogP contribution in [0.1, 0.15) is 26.7 Å². The number of halogens is 1. The van der Waals surface area contributed by atoms with E-state index in [-0.39, 0.29) is 30.6 Å². The molecule has 6 heteroatoms. The molecule has 0 saturated carbocycles. The van der Waals surface area contributed by atoms with Crippen LogP contribution in [-0.4, -0.2) is 47.8 Å². The van der Waals surface area contributed by atoms with Gasteiger partial charge in [-0.05, 0) is 32.4 Å². The molecule has 0 amide bonds. The molecule has 0 radical (unpaired) electrons. The third kappa shape index (κ3) is 6.71. The molecule has 4 nitrogen and oxygen atoms in total. The van der Waals surface area contributed by atoms with Crippen LogP contribution in [0.4, 0.5) is 0 Å². The largest absolute Gasteiger partial charge is 0.395 e. The van der Waals surface area contributed by atoms with E-state index in [1.165, 1.54) is 18.6 Å². The first-order chi connectivity index (χ1) is 7.70. The van der Waals surface area contributed by atoms with E-state index in [0.717, 1.165) is 19.0 Å². The fourth-order valence-electron chi connectivity index (χ4n) is 1.72. The van der Waals surface area contributed by atoms with Crippen molar-refractivity contribution >= 4 is 41.7 Å². The van der Waals surface area contributed by atoms with E-state index in [0.29, 0.717) is 11.3 Å². The molecule has 1 aliphatic heterocycles. The molecule has 3 N–H and O–H groups in total. The topological polar surface area (TPSA) is 56.7 Å². The van der Waals surface area contributed by atoms with Gasteiger partial charge in [-0.1, -0.05) is 0 Å². The summed E-state index contributed by atoms with van der Waals surface area (Å²) in [5.74, 6) is 2.07. The Morgan fingerprint density at radius 1 is 1.47 bits per heavy atom. The minimum Gasteiger partial charge on any atom is -0.395 e. The number of nitrogens with zero attached hydrogens (tertiary/aromatic N) is 1. The van der Waals surface area contributed by atoms with Gasteiger partial charge in [-0.25, -0.2) is 0 Å². The van der Waals surface area contributed by atoms with Crippen LogP contribution >= 0.6 is 35.7 Å². The van der Waals surface area contributed by atoms with Gasteiger partial charge in [0.1, 0.15) is 0 Å². The third-order valence-corrected chi connectivity index (χ3v) is 4.14. The molecule has 0 bridgehead atoms. The Hall–Kier alpha value is 0.310. The van der Waals surface area contributed by atoms with Gasteiger partial charge in [0, 0.05) is 17.8 Å². The highest BCUT2D eigenvalue weighted by Gasteiger charge is 2.29. The Morgan fingerprint density at radius 2 is 2.24 bits per heavy atom. The van der Waals surface area contributed by atoms with Crippen LogP contribution in [0, 0.1) is 0 Å². The number of hydrogen-bond donors (Lipinski definition) is 3. The van der Waals surface area contributed by atoms with Crippen molar-refractivity contribution in [1.82, 2.24) is 10.6 Å². The zero-order valence-electron chi connectivity index (χ0n) is 10.7. The van der Waals surface area contributed by atoms with Gasteiger partial charge in [0.25, 0.3) is 0 Å². The second-order valence-electron chi connectivity index (χ2n) is 4.25. The summed E-state index contributed by atoms with van der Waals surface area (Å²) in [7, 11) is 0. The third-order valence-electron chi connectivity index (χ3n) is 2.62. The van der Waals surface area contributed by atoms with Gasteiger partial charge in [0.05, 0.1) is 13.2 Å². The van der Waals surface area contributed by atoms with Crippen molar-refractivity contribution < 1.29 is 5.11 Å². The van der Waals surface area contributed by atoms with Gasteiger partial charge >= 0.3 is 0 Å². The predicted octanol–water partition coefficient (Wildman–Crippen LogP) is 1.44. The number of thioether (sulfide) groups is 1. The number of nitrogens with one attached hydrogen (secondary N) is 2. The van der Waals surface area contributed by atoms with Crippen LogP contribution < -0.4 is 10.6 Å². The SMILES string of the molecule is CCNC(=NCC1(C)CCCS1)NCCO.I. The molecular weight excluding hydrogens is 349 g/mol. The first-order valence-corrected chi connectivity index (χ1v) is 6.96. The lowest BCUT2D eigenvalue weighted by atomic mass is 10.1. The Balaban J connectivity index is 0.00000256. The van der Waals surface area contributed by atoms with Crippen molar-refractivity contribution in [2.24, 2.45) is 4.99 Å². The van der Waals surface area contributed by atoms with Gasteiger partial charge in [0.15, 0.2) is 5.96 Å². The number of aliphatic imine (C=N–C) groups is 1. The van der Waals surface area contributed by atoms with Gasteiger partial charge in [-0.15, -0.1) is 24.0 Å². The molecule has 1 aliphatic rings. The van der Waals surface area contributed by atoms with Gasteiger partial charge in [-0.3, -0.25) is 4.99 Å². The number of rotatable bonds is 5. The van der Waals surface area contributed by atoms with Crippen molar-refractivity contribution in [2.45, 2.75) is 31.4 Å². The number of aliphatic hydroxyl groups excluding tert-OH is 1. The van der Waals surface area contributed by atoms with Gasteiger partial charge in [0.2, 0.25) is 0 Å². The highest BCUT2D eigenvalue weighted by atomic mass is 127. The molecule has 102 valence electrons. The smallest absolute Gasteiger partial charge is 0.191 e. The summed E-state index contributed by atoms with van der Waals surface area (Å²) in [6.45, 7) is 6.71. The van der Waals surface area contributed by atoms with Crippen LogP contribution in [-0.2, 0) is 0 Å². The molecule has 0 aliphatic carbocycles. The fourth-order valence-corrected chi connectivity index (χ4v) is 2.95. The first-order valence-electron chi connectivity index (χ1n) is 5.97. The van der Waals surface area contributed by atoms with Crippen LogP contribution in [0.15, 0.2) is 4.99 Å². The second kappa shape index (κ2) is 9.27. The molecule has 0 aromatic heterocycles. The average Bonchev–Trinajstić information content (AvgIpc) is 2.70. The maximum atomic E-state index is 8.76. The summed E-state index contributed by atoms with van der Waals surface area (Å²) in [5.41, 5.74) is 0. The quantitative estimate of drug-likeness (QED) is 0.388. The Bertz CT molecular complexity index is 233. The fraction of sp³-hybridized carbons (Fsp3) is 0.909. The maximum Gasteiger partial charge on any atom is 0.191 e. The van der Waals surface area contributed by atoms with E-state index in [1.807, 2.05) is 18.7 Å². The summed E-state index contributed by atoms with van der Waals surface area (Å²) in [4.78, 5) is 4.57. The standard InChI is InChI=1S/C11H23N3OS.HI/c1-3-12-10(13-6-7-15)14-9-11(2)5-4-8-16-11;/h15H,3-9H2,1-2H3,(H2,12,13,14);1H. The molecule has 1 unspecified atom stereocenters. The molecule has 1 heterocycles. The van der Waals surface area contributed by atoms with Crippen molar-refractivity contribution in [1.29, 1.82) is 0 Å². The minimum atomic E-state index is 0. The number of hydrogen-bond acceptors (Lipinski definition) is 3. The van der Waals surface area contributed by atoms with Crippen molar-refractivity contribution in [3.63, 3.8) is 0 Å². The Kier molecular flexibility index (Phi) is 9.44. The van der Waals surface area contributed by atoms with Gasteiger partial charge < -0.3 is 15.7 Å². The van der Waals surface area contributed by atoms with E-state index < -0.39 is 0 Å². The van der Waals surface area contributed by atoms with Crippen molar-refractivity contribution in [3.05, 3.63) is 0 Å². The highest BCUT2D eigenvalue weighted by molar-refractivity contribution is 14.0. The Morgan fingerprint density at radius 3 is 2.76 bits per heavy atom. The van der Waals surface area contributed by atoms with Crippen molar-refractivity contribution in [2.75, 3.05) is 32.0 Å². The lowest BCUT2D eigenvalue weighted by Crippen LogP contribution is -2.39. The highest BCUT2D eigenvalue weighted by Crippen LogP contribution is 2.37. The van der Waals surface area contributed by atoms with Crippen LogP contribution in [0.5, 0.6) is 0 Å². The molecule has 0 spiro atoms. The van der Waals surface area contributed by atoms with Crippen LogP contribution in [0.3, 0.4) is 0 Å². The summed E-state index contributed by atoms with van der Waals surface area (Å²) in [6.07, 6.45) is 2.55. The second-order valence-corrected chi connectivity index (χ2v) is 5.93. The predicted molar refractivity (Wildman–Crippen MR) is 86.6 cm³/mol. The molecule has 0 aromatic rings. The summed E-state index contributed by atoms with van der Waals surface area (Å²) in [6, 6.07) is 0. The van der Waals surface area contributed by atoms with Crippen molar-refractivity contribution in [3.8, 4) is 0 Å². The minimum absolute atomic E-state index is 0. The van der Waals surface area contributed by atoms with E-state index in [2.05, 4.69) is 22.5 Å². The lowest BCUT2D eigenvalue weighted by Gasteiger charge is -2.20. The lowest BCUT2D eigenvalue weighted by molar-refractivity contribution is 0.300. The number of aliphatic hydroxyl groups is 1. The zero-order valence-corrected chi connectivity index (χ0v) is 13.8. The van der Waals surface area contributed by atoms with Crippen LogP contribution in [0.25, 0.3) is 0 Å². The molecule has 1 atom stereocenters. The summed E-state index contributed by atoms with van der Waals surface area (Å²) >= 11 is 2.02. The number of guanidine groups is 1. The van der Waals surface area contributed by atoms with E-state index in [4.69, 9.17) is 5.11 Å². The molecule has 1 saturated heterocycles.